The van der Waals surface area contributed by atoms with Crippen LogP contribution < -0.4 is 11.1 Å². The van der Waals surface area contributed by atoms with Crippen LogP contribution in [0.4, 0.5) is 10.1 Å². The van der Waals surface area contributed by atoms with Crippen LogP contribution >= 0.6 is 23.2 Å². The molecule has 0 amide bonds. The van der Waals surface area contributed by atoms with E-state index >= 15 is 0 Å². The van der Waals surface area contributed by atoms with Gasteiger partial charge in [-0.2, -0.15) is 0 Å². The number of rotatable bonds is 4. The number of nitrogens with two attached hydrogens (primary N) is 1. The van der Waals surface area contributed by atoms with E-state index in [1.54, 1.807) is 30.3 Å². The summed E-state index contributed by atoms with van der Waals surface area (Å²) in [6.07, 6.45) is 0. The van der Waals surface area contributed by atoms with Gasteiger partial charge in [-0.05, 0) is 24.3 Å². The number of hydrogen-bond donors (Lipinski definition) is 3. The summed E-state index contributed by atoms with van der Waals surface area (Å²) in [5.41, 5.74) is 6.79. The standard InChI is InChI=1S/C14H12Cl2FN3O/c15-10-3-4-13(11(16)6-10)19-7-9-2-1-8(5-12(9)17)14(18)20-21/h1-6,19,21H,7H2,(H2,18,20). The molecule has 2 rings (SSSR count). The van der Waals surface area contributed by atoms with Crippen LogP contribution in [0, 0.1) is 5.82 Å². The number of amidine groups is 1. The van der Waals surface area contributed by atoms with Crippen LogP contribution in [0.25, 0.3) is 0 Å². The molecule has 0 saturated heterocycles. The molecule has 0 unspecified atom stereocenters. The summed E-state index contributed by atoms with van der Waals surface area (Å²) in [7, 11) is 0. The predicted octanol–water partition coefficient (Wildman–Crippen LogP) is 3.84. The molecule has 0 aliphatic heterocycles. The first kappa shape index (κ1) is 15.4. The molecule has 0 fully saturated rings. The number of benzene rings is 2. The lowest BCUT2D eigenvalue weighted by molar-refractivity contribution is 0.318. The van der Waals surface area contributed by atoms with Crippen LogP contribution in [0.5, 0.6) is 0 Å². The van der Waals surface area contributed by atoms with Crippen molar-refractivity contribution in [2.45, 2.75) is 6.54 Å². The van der Waals surface area contributed by atoms with Crippen LogP contribution in [0.1, 0.15) is 11.1 Å². The third-order valence-corrected chi connectivity index (χ3v) is 3.40. The van der Waals surface area contributed by atoms with Gasteiger partial charge < -0.3 is 16.3 Å². The molecule has 0 atom stereocenters. The van der Waals surface area contributed by atoms with E-state index < -0.39 is 5.82 Å². The van der Waals surface area contributed by atoms with E-state index in [1.807, 2.05) is 0 Å². The van der Waals surface area contributed by atoms with E-state index in [0.29, 0.717) is 26.9 Å². The highest BCUT2D eigenvalue weighted by Crippen LogP contribution is 2.26. The van der Waals surface area contributed by atoms with Crippen molar-refractivity contribution in [3.05, 3.63) is 63.4 Å². The number of halogens is 3. The number of oxime groups is 1. The Morgan fingerprint density at radius 3 is 2.62 bits per heavy atom. The van der Waals surface area contributed by atoms with Gasteiger partial charge in [-0.25, -0.2) is 4.39 Å². The second kappa shape index (κ2) is 6.65. The molecule has 0 radical (unpaired) electrons. The Kier molecular flexibility index (Phi) is 4.88. The Morgan fingerprint density at radius 1 is 1.24 bits per heavy atom. The first-order valence-corrected chi connectivity index (χ1v) is 6.72. The molecule has 0 aliphatic rings. The Hall–Kier alpha value is -1.98. The molecule has 0 heterocycles. The van der Waals surface area contributed by atoms with Crippen LogP contribution in [0.2, 0.25) is 10.0 Å². The van der Waals surface area contributed by atoms with Crippen molar-refractivity contribution < 1.29 is 9.60 Å². The lowest BCUT2D eigenvalue weighted by Gasteiger charge is -2.10. The van der Waals surface area contributed by atoms with E-state index in [1.165, 1.54) is 6.07 Å². The molecule has 4 N–H and O–H groups in total. The van der Waals surface area contributed by atoms with Crippen molar-refractivity contribution >= 4 is 34.7 Å². The van der Waals surface area contributed by atoms with Gasteiger partial charge in [0.1, 0.15) is 5.82 Å². The first-order valence-electron chi connectivity index (χ1n) is 5.96. The Labute approximate surface area is 131 Å². The van der Waals surface area contributed by atoms with Gasteiger partial charge in [0.2, 0.25) is 0 Å². The summed E-state index contributed by atoms with van der Waals surface area (Å²) in [5, 5.41) is 15.4. The summed E-state index contributed by atoms with van der Waals surface area (Å²) in [6.45, 7) is 0.240. The third-order valence-electron chi connectivity index (χ3n) is 2.86. The van der Waals surface area contributed by atoms with Crippen LogP contribution in [-0.2, 0) is 6.54 Å². The van der Waals surface area contributed by atoms with Crippen molar-refractivity contribution in [1.82, 2.24) is 0 Å². The van der Waals surface area contributed by atoms with Gasteiger partial charge in [0, 0.05) is 22.7 Å². The number of nitrogens with zero attached hydrogens (tertiary/aromatic N) is 1. The maximum atomic E-state index is 13.9. The average molecular weight is 328 g/mol. The normalized spacial score (nSPS) is 11.5. The fourth-order valence-corrected chi connectivity index (χ4v) is 2.21. The van der Waals surface area contributed by atoms with Crippen molar-refractivity contribution in [3.63, 3.8) is 0 Å². The van der Waals surface area contributed by atoms with E-state index in [4.69, 9.17) is 34.1 Å². The fraction of sp³-hybridized carbons (Fsp3) is 0.0714. The highest BCUT2D eigenvalue weighted by Gasteiger charge is 2.07. The third kappa shape index (κ3) is 3.77. The zero-order chi connectivity index (χ0) is 15.4. The highest BCUT2D eigenvalue weighted by atomic mass is 35.5. The second-order valence-electron chi connectivity index (χ2n) is 4.27. The molecule has 2 aromatic carbocycles. The molecule has 0 spiro atoms. The maximum Gasteiger partial charge on any atom is 0.170 e. The van der Waals surface area contributed by atoms with Crippen molar-refractivity contribution in [1.29, 1.82) is 0 Å². The summed E-state index contributed by atoms with van der Waals surface area (Å²) in [6, 6.07) is 9.33. The fourth-order valence-electron chi connectivity index (χ4n) is 1.73. The van der Waals surface area contributed by atoms with E-state index in [0.717, 1.165) is 0 Å². The molecular weight excluding hydrogens is 316 g/mol. The highest BCUT2D eigenvalue weighted by molar-refractivity contribution is 6.36. The number of anilines is 1. The van der Waals surface area contributed by atoms with Gasteiger partial charge in [0.05, 0.1) is 10.7 Å². The minimum Gasteiger partial charge on any atom is -0.409 e. The van der Waals surface area contributed by atoms with Gasteiger partial charge in [0.25, 0.3) is 0 Å². The number of nitrogens with one attached hydrogen (secondary N) is 1. The molecule has 0 saturated carbocycles. The summed E-state index contributed by atoms with van der Waals surface area (Å²) >= 11 is 11.8. The quantitative estimate of drug-likeness (QED) is 0.346. The van der Waals surface area contributed by atoms with E-state index in [9.17, 15) is 4.39 Å². The lowest BCUT2D eigenvalue weighted by Crippen LogP contribution is -2.14. The summed E-state index contributed by atoms with van der Waals surface area (Å²) in [4.78, 5) is 0. The average Bonchev–Trinajstić information content (AvgIpc) is 2.46. The minimum atomic E-state index is -0.461. The molecule has 110 valence electrons. The molecule has 2 aromatic rings. The van der Waals surface area contributed by atoms with Crippen LogP contribution in [0.3, 0.4) is 0 Å². The number of hydrogen-bond acceptors (Lipinski definition) is 3. The predicted molar refractivity (Wildman–Crippen MR) is 82.7 cm³/mol. The van der Waals surface area contributed by atoms with E-state index in [-0.39, 0.29) is 12.4 Å². The molecule has 0 aromatic heterocycles. The van der Waals surface area contributed by atoms with Gasteiger partial charge in [-0.3, -0.25) is 0 Å². The van der Waals surface area contributed by atoms with Crippen molar-refractivity contribution in [3.8, 4) is 0 Å². The van der Waals surface area contributed by atoms with Crippen LogP contribution in [0.15, 0.2) is 41.6 Å². The first-order chi connectivity index (χ1) is 10.0. The summed E-state index contributed by atoms with van der Waals surface area (Å²) < 4.78 is 13.9. The van der Waals surface area contributed by atoms with Crippen molar-refractivity contribution in [2.75, 3.05) is 5.32 Å². The lowest BCUT2D eigenvalue weighted by atomic mass is 10.1. The van der Waals surface area contributed by atoms with Crippen molar-refractivity contribution in [2.24, 2.45) is 10.9 Å². The Bertz CT molecular complexity index is 692. The van der Waals surface area contributed by atoms with Gasteiger partial charge in [-0.15, -0.1) is 0 Å². The molecular formula is C14H12Cl2FN3O. The molecule has 0 aliphatic carbocycles. The minimum absolute atomic E-state index is 0.144. The molecule has 4 nitrogen and oxygen atoms in total. The van der Waals surface area contributed by atoms with Gasteiger partial charge >= 0.3 is 0 Å². The summed E-state index contributed by atoms with van der Waals surface area (Å²) in [5.74, 6) is -0.606. The topological polar surface area (TPSA) is 70.6 Å². The molecule has 0 bridgehead atoms. The van der Waals surface area contributed by atoms with Gasteiger partial charge in [0.15, 0.2) is 5.84 Å². The zero-order valence-corrected chi connectivity index (χ0v) is 12.3. The van der Waals surface area contributed by atoms with Crippen LogP contribution in [-0.4, -0.2) is 11.0 Å². The Balaban J connectivity index is 2.13. The molecule has 7 heteroatoms. The Morgan fingerprint density at radius 2 is 2.00 bits per heavy atom. The molecule has 21 heavy (non-hydrogen) atoms. The zero-order valence-electron chi connectivity index (χ0n) is 10.8. The SMILES string of the molecule is NC(=NO)c1ccc(CNc2ccc(Cl)cc2Cl)c(F)c1. The van der Waals surface area contributed by atoms with Gasteiger partial charge in [-0.1, -0.05) is 40.5 Å². The monoisotopic (exact) mass is 327 g/mol. The van der Waals surface area contributed by atoms with E-state index in [2.05, 4.69) is 10.5 Å². The largest absolute Gasteiger partial charge is 0.409 e. The second-order valence-corrected chi connectivity index (χ2v) is 5.11. The smallest absolute Gasteiger partial charge is 0.170 e. The maximum absolute atomic E-state index is 13.9.